The van der Waals surface area contributed by atoms with Gasteiger partial charge >= 0.3 is 0 Å². The summed E-state index contributed by atoms with van der Waals surface area (Å²) < 4.78 is 0. The smallest absolute Gasteiger partial charge is 0.223 e. The van der Waals surface area contributed by atoms with E-state index in [2.05, 4.69) is 41.5 Å². The number of hydrogen-bond acceptors (Lipinski definition) is 2. The van der Waals surface area contributed by atoms with Crippen molar-refractivity contribution in [3.63, 3.8) is 0 Å². The van der Waals surface area contributed by atoms with E-state index in [9.17, 15) is 4.79 Å². The van der Waals surface area contributed by atoms with Crippen LogP contribution < -0.4 is 5.73 Å². The fourth-order valence-corrected chi connectivity index (χ4v) is 1.62. The highest BCUT2D eigenvalue weighted by atomic mass is 16.2. The van der Waals surface area contributed by atoms with E-state index in [-0.39, 0.29) is 17.4 Å². The van der Waals surface area contributed by atoms with Gasteiger partial charge in [-0.05, 0) is 38.1 Å². The zero-order valence-electron chi connectivity index (χ0n) is 12.4. The summed E-state index contributed by atoms with van der Waals surface area (Å²) in [6.45, 7) is 14.3. The number of carbonyl (C=O) groups is 1. The topological polar surface area (TPSA) is 46.3 Å². The molecule has 0 aromatic heterocycles. The summed E-state index contributed by atoms with van der Waals surface area (Å²) in [5.41, 5.74) is 5.70. The Kier molecular flexibility index (Phi) is 6.76. The second-order valence-corrected chi connectivity index (χ2v) is 6.29. The van der Waals surface area contributed by atoms with Crippen molar-refractivity contribution in [2.75, 3.05) is 13.1 Å². The molecule has 0 rings (SSSR count). The van der Waals surface area contributed by atoms with E-state index in [0.717, 1.165) is 13.0 Å². The van der Waals surface area contributed by atoms with E-state index >= 15 is 0 Å². The van der Waals surface area contributed by atoms with Gasteiger partial charge in [-0.15, -0.1) is 0 Å². The van der Waals surface area contributed by atoms with E-state index in [4.69, 9.17) is 5.73 Å². The lowest BCUT2D eigenvalue weighted by Gasteiger charge is -2.32. The van der Waals surface area contributed by atoms with Gasteiger partial charge in [-0.2, -0.15) is 0 Å². The van der Waals surface area contributed by atoms with Gasteiger partial charge in [-0.1, -0.05) is 27.7 Å². The Morgan fingerprint density at radius 3 is 2.12 bits per heavy atom. The van der Waals surface area contributed by atoms with Crippen LogP contribution in [0.15, 0.2) is 0 Å². The molecule has 0 saturated heterocycles. The second kappa shape index (κ2) is 7.00. The van der Waals surface area contributed by atoms with Crippen LogP contribution in [0.25, 0.3) is 0 Å². The van der Waals surface area contributed by atoms with Crippen LogP contribution in [-0.4, -0.2) is 29.9 Å². The highest BCUT2D eigenvalue weighted by molar-refractivity contribution is 5.76. The van der Waals surface area contributed by atoms with E-state index in [1.165, 1.54) is 0 Å². The molecule has 0 spiro atoms. The summed E-state index contributed by atoms with van der Waals surface area (Å²) in [5.74, 6) is 0.657. The van der Waals surface area contributed by atoms with Crippen LogP contribution >= 0.6 is 0 Å². The molecule has 0 heterocycles. The molecule has 0 aliphatic heterocycles. The molecule has 3 heteroatoms. The van der Waals surface area contributed by atoms with Gasteiger partial charge in [0.25, 0.3) is 0 Å². The van der Waals surface area contributed by atoms with Gasteiger partial charge in [-0.3, -0.25) is 4.79 Å². The third-order valence-electron chi connectivity index (χ3n) is 3.51. The molecule has 1 amide bonds. The molecule has 0 saturated carbocycles. The minimum atomic E-state index is 0.187. The Labute approximate surface area is 107 Å². The van der Waals surface area contributed by atoms with Crippen LogP contribution in [0, 0.1) is 11.3 Å². The molecule has 17 heavy (non-hydrogen) atoms. The van der Waals surface area contributed by atoms with Crippen LogP contribution in [0.2, 0.25) is 0 Å². The zero-order valence-corrected chi connectivity index (χ0v) is 12.4. The number of nitrogens with two attached hydrogens (primary N) is 1. The number of hydrogen-bond donors (Lipinski definition) is 1. The van der Waals surface area contributed by atoms with Crippen LogP contribution in [0.4, 0.5) is 0 Å². The highest BCUT2D eigenvalue weighted by Crippen LogP contribution is 2.28. The van der Waals surface area contributed by atoms with Crippen molar-refractivity contribution < 1.29 is 4.79 Å². The largest absolute Gasteiger partial charge is 0.340 e. The summed E-state index contributed by atoms with van der Waals surface area (Å²) in [6, 6.07) is 0.265. The van der Waals surface area contributed by atoms with E-state index in [0.29, 0.717) is 18.9 Å². The van der Waals surface area contributed by atoms with Gasteiger partial charge in [-0.25, -0.2) is 0 Å². The Hall–Kier alpha value is -0.570. The van der Waals surface area contributed by atoms with Gasteiger partial charge in [0.2, 0.25) is 5.91 Å². The van der Waals surface area contributed by atoms with Crippen LogP contribution in [-0.2, 0) is 4.79 Å². The summed E-state index contributed by atoms with van der Waals surface area (Å²) in [6.07, 6.45) is 1.51. The number of amides is 1. The average molecular weight is 242 g/mol. The van der Waals surface area contributed by atoms with Gasteiger partial charge in [0, 0.05) is 19.0 Å². The SMILES string of the molecule is CC(C)N(CCCN)C(=O)CC(C)C(C)(C)C. The summed E-state index contributed by atoms with van der Waals surface area (Å²) in [4.78, 5) is 14.2. The monoisotopic (exact) mass is 242 g/mol. The summed E-state index contributed by atoms with van der Waals surface area (Å²) in [5, 5.41) is 0. The maximum atomic E-state index is 12.2. The molecule has 0 bridgehead atoms. The highest BCUT2D eigenvalue weighted by Gasteiger charge is 2.25. The molecule has 0 aromatic rings. The van der Waals surface area contributed by atoms with Crippen molar-refractivity contribution in [3.05, 3.63) is 0 Å². The first kappa shape index (κ1) is 16.4. The van der Waals surface area contributed by atoms with Gasteiger partial charge in [0.05, 0.1) is 0 Å². The Morgan fingerprint density at radius 2 is 1.76 bits per heavy atom. The third kappa shape index (κ3) is 6.06. The van der Waals surface area contributed by atoms with E-state index in [1.807, 2.05) is 4.90 Å². The number of nitrogens with zero attached hydrogens (tertiary/aromatic N) is 1. The minimum Gasteiger partial charge on any atom is -0.340 e. The van der Waals surface area contributed by atoms with Crippen molar-refractivity contribution in [1.29, 1.82) is 0 Å². The number of rotatable bonds is 6. The molecule has 0 aliphatic rings. The fraction of sp³-hybridized carbons (Fsp3) is 0.929. The van der Waals surface area contributed by atoms with Crippen molar-refractivity contribution in [2.45, 2.75) is 60.4 Å². The van der Waals surface area contributed by atoms with Crippen LogP contribution in [0.5, 0.6) is 0 Å². The van der Waals surface area contributed by atoms with Crippen LogP contribution in [0.1, 0.15) is 54.4 Å². The van der Waals surface area contributed by atoms with Crippen molar-refractivity contribution in [2.24, 2.45) is 17.1 Å². The van der Waals surface area contributed by atoms with Crippen LogP contribution in [0.3, 0.4) is 0 Å². The molecule has 0 fully saturated rings. The zero-order chi connectivity index (χ0) is 13.6. The first-order valence-corrected chi connectivity index (χ1v) is 6.69. The summed E-state index contributed by atoms with van der Waals surface area (Å²) in [7, 11) is 0. The Bertz CT molecular complexity index is 231. The molecule has 2 N–H and O–H groups in total. The first-order valence-electron chi connectivity index (χ1n) is 6.69. The Morgan fingerprint density at radius 1 is 1.24 bits per heavy atom. The average Bonchev–Trinajstić information content (AvgIpc) is 2.16. The van der Waals surface area contributed by atoms with Gasteiger partial charge < -0.3 is 10.6 Å². The quantitative estimate of drug-likeness (QED) is 0.778. The summed E-state index contributed by atoms with van der Waals surface area (Å²) >= 11 is 0. The molecular formula is C14H30N2O. The van der Waals surface area contributed by atoms with Gasteiger partial charge in [0.1, 0.15) is 0 Å². The molecule has 102 valence electrons. The molecule has 0 radical (unpaired) electrons. The first-order chi connectivity index (χ1) is 7.70. The van der Waals surface area contributed by atoms with Crippen molar-refractivity contribution >= 4 is 5.91 Å². The van der Waals surface area contributed by atoms with Crippen molar-refractivity contribution in [3.8, 4) is 0 Å². The maximum absolute atomic E-state index is 12.2. The molecule has 0 aromatic carbocycles. The number of carbonyl (C=O) groups excluding carboxylic acids is 1. The standard InChI is InChI=1S/C14H30N2O/c1-11(2)16(9-7-8-15)13(17)10-12(3)14(4,5)6/h11-12H,7-10,15H2,1-6H3. The normalized spacial score (nSPS) is 13.9. The molecule has 3 nitrogen and oxygen atoms in total. The molecular weight excluding hydrogens is 212 g/mol. The van der Waals surface area contributed by atoms with Gasteiger partial charge in [0.15, 0.2) is 0 Å². The molecule has 0 aliphatic carbocycles. The predicted octanol–water partition coefficient (Wildman–Crippen LogP) is 2.64. The van der Waals surface area contributed by atoms with Crippen molar-refractivity contribution in [1.82, 2.24) is 4.90 Å². The lowest BCUT2D eigenvalue weighted by atomic mass is 9.80. The lowest BCUT2D eigenvalue weighted by molar-refractivity contribution is -0.134. The third-order valence-corrected chi connectivity index (χ3v) is 3.51. The second-order valence-electron chi connectivity index (χ2n) is 6.29. The minimum absolute atomic E-state index is 0.187. The van der Waals surface area contributed by atoms with E-state index < -0.39 is 0 Å². The molecule has 1 atom stereocenters. The molecule has 1 unspecified atom stereocenters. The van der Waals surface area contributed by atoms with E-state index in [1.54, 1.807) is 0 Å². The maximum Gasteiger partial charge on any atom is 0.223 e. The lowest BCUT2D eigenvalue weighted by Crippen LogP contribution is -2.40. The Balaban J connectivity index is 4.42. The fourth-order valence-electron chi connectivity index (χ4n) is 1.62. The predicted molar refractivity (Wildman–Crippen MR) is 73.8 cm³/mol.